The molecule has 0 saturated carbocycles. The van der Waals surface area contributed by atoms with Gasteiger partial charge in [-0.2, -0.15) is 0 Å². The van der Waals surface area contributed by atoms with Gasteiger partial charge in [-0.25, -0.2) is 4.90 Å². The molecule has 1 N–H and O–H groups in total. The van der Waals surface area contributed by atoms with E-state index in [0.29, 0.717) is 27.4 Å². The van der Waals surface area contributed by atoms with Crippen molar-refractivity contribution in [1.82, 2.24) is 0 Å². The number of nitrogens with one attached hydrogen (secondary N) is 1. The Morgan fingerprint density at radius 1 is 0.840 bits per heavy atom. The Bertz CT molecular complexity index is 943. The van der Waals surface area contributed by atoms with E-state index in [9.17, 15) is 14.4 Å². The number of rotatable bonds is 3. The monoisotopic (exact) mass is 348 g/mol. The van der Waals surface area contributed by atoms with Gasteiger partial charge < -0.3 is 5.32 Å². The second kappa shape index (κ2) is 5.99. The molecule has 3 amide bonds. The molecule has 0 aliphatic carbocycles. The maximum atomic E-state index is 12.5. The largest absolute Gasteiger partial charge is 0.321 e. The fourth-order valence-corrected chi connectivity index (χ4v) is 3.34. The highest BCUT2D eigenvalue weighted by molar-refractivity contribution is 7.12. The van der Waals surface area contributed by atoms with Crippen LogP contribution in [-0.4, -0.2) is 17.7 Å². The number of imide groups is 1. The molecule has 6 heteroatoms. The summed E-state index contributed by atoms with van der Waals surface area (Å²) in [6.07, 6.45) is 0. The molecule has 0 radical (unpaired) electrons. The smallest absolute Gasteiger partial charge is 0.266 e. The van der Waals surface area contributed by atoms with Gasteiger partial charge in [0.15, 0.2) is 0 Å². The first-order chi connectivity index (χ1) is 12.1. The Hall–Kier alpha value is -3.25. The normalized spacial score (nSPS) is 13.0. The molecule has 25 heavy (non-hydrogen) atoms. The number of nitrogens with zero attached hydrogens (tertiary/aromatic N) is 1. The van der Waals surface area contributed by atoms with E-state index in [2.05, 4.69) is 5.32 Å². The molecule has 5 nitrogen and oxygen atoms in total. The maximum absolute atomic E-state index is 12.5. The van der Waals surface area contributed by atoms with Gasteiger partial charge in [-0.15, -0.1) is 11.3 Å². The molecule has 3 aromatic rings. The summed E-state index contributed by atoms with van der Waals surface area (Å²) in [6, 6.07) is 16.9. The predicted octanol–water partition coefficient (Wildman–Crippen LogP) is 3.80. The van der Waals surface area contributed by atoms with Crippen LogP contribution >= 0.6 is 11.3 Å². The van der Waals surface area contributed by atoms with Crippen molar-refractivity contribution in [3.8, 4) is 0 Å². The van der Waals surface area contributed by atoms with Gasteiger partial charge in [0.2, 0.25) is 0 Å². The Balaban J connectivity index is 1.56. The number of thiophene rings is 1. The molecule has 0 atom stereocenters. The third kappa shape index (κ3) is 2.62. The summed E-state index contributed by atoms with van der Waals surface area (Å²) in [5.74, 6) is -0.865. The minimum atomic E-state index is -0.337. The van der Waals surface area contributed by atoms with E-state index in [1.165, 1.54) is 11.3 Å². The average Bonchev–Trinajstić information content (AvgIpc) is 3.25. The SMILES string of the molecule is O=C(Nc1ccc(N2C(=O)c3ccccc3C2=O)cc1)c1cccs1. The first-order valence-corrected chi connectivity index (χ1v) is 8.46. The molecule has 4 rings (SSSR count). The van der Waals surface area contributed by atoms with Crippen LogP contribution in [0.1, 0.15) is 30.4 Å². The lowest BCUT2D eigenvalue weighted by Crippen LogP contribution is -2.29. The summed E-state index contributed by atoms with van der Waals surface area (Å²) in [6.45, 7) is 0. The van der Waals surface area contributed by atoms with Crippen molar-refractivity contribution in [3.63, 3.8) is 0 Å². The Morgan fingerprint density at radius 2 is 1.48 bits per heavy atom. The molecule has 1 aliphatic rings. The zero-order valence-corrected chi connectivity index (χ0v) is 13.7. The van der Waals surface area contributed by atoms with Crippen LogP contribution in [0.3, 0.4) is 0 Å². The highest BCUT2D eigenvalue weighted by Gasteiger charge is 2.36. The number of carbonyl (C=O) groups excluding carboxylic acids is 3. The summed E-state index contributed by atoms with van der Waals surface area (Å²) in [7, 11) is 0. The summed E-state index contributed by atoms with van der Waals surface area (Å²) < 4.78 is 0. The minimum absolute atomic E-state index is 0.191. The molecular formula is C19H12N2O3S. The van der Waals surface area contributed by atoms with Crippen LogP contribution in [-0.2, 0) is 0 Å². The van der Waals surface area contributed by atoms with E-state index in [1.54, 1.807) is 54.6 Å². The lowest BCUT2D eigenvalue weighted by Gasteiger charge is -2.14. The van der Waals surface area contributed by atoms with E-state index in [4.69, 9.17) is 0 Å². The third-order valence-electron chi connectivity index (χ3n) is 3.92. The standard InChI is InChI=1S/C19H12N2O3S/c22-17(16-6-3-11-25-16)20-12-7-9-13(10-8-12)21-18(23)14-4-1-2-5-15(14)19(21)24/h1-11H,(H,20,22). The van der Waals surface area contributed by atoms with Crippen molar-refractivity contribution in [2.75, 3.05) is 10.2 Å². The zero-order chi connectivity index (χ0) is 17.4. The van der Waals surface area contributed by atoms with Crippen LogP contribution in [0.25, 0.3) is 0 Å². The molecule has 2 aromatic carbocycles. The van der Waals surface area contributed by atoms with Crippen LogP contribution in [0.5, 0.6) is 0 Å². The number of hydrogen-bond donors (Lipinski definition) is 1. The summed E-state index contributed by atoms with van der Waals surface area (Å²) in [4.78, 5) is 38.7. The number of fused-ring (bicyclic) bond motifs is 1. The van der Waals surface area contributed by atoms with Crippen LogP contribution in [0.4, 0.5) is 11.4 Å². The van der Waals surface area contributed by atoms with Crippen molar-refractivity contribution in [2.45, 2.75) is 0 Å². The molecule has 0 unspecified atom stereocenters. The summed E-state index contributed by atoms with van der Waals surface area (Å²) in [5.41, 5.74) is 1.88. The lowest BCUT2D eigenvalue weighted by molar-refractivity contribution is 0.0925. The molecule has 1 aliphatic heterocycles. The molecule has 122 valence electrons. The Morgan fingerprint density at radius 3 is 2.04 bits per heavy atom. The molecule has 1 aromatic heterocycles. The quantitative estimate of drug-likeness (QED) is 0.732. The second-order valence-corrected chi connectivity index (χ2v) is 6.42. The number of hydrogen-bond acceptors (Lipinski definition) is 4. The van der Waals surface area contributed by atoms with Gasteiger partial charge in [-0.05, 0) is 47.8 Å². The van der Waals surface area contributed by atoms with Crippen LogP contribution in [0, 0.1) is 0 Å². The van der Waals surface area contributed by atoms with Gasteiger partial charge in [0.05, 0.1) is 21.7 Å². The van der Waals surface area contributed by atoms with E-state index in [0.717, 1.165) is 4.90 Å². The molecule has 2 heterocycles. The van der Waals surface area contributed by atoms with Gasteiger partial charge in [0.1, 0.15) is 0 Å². The Labute approximate surface area is 147 Å². The molecule has 0 spiro atoms. The number of amides is 3. The molecule has 0 fully saturated rings. The zero-order valence-electron chi connectivity index (χ0n) is 12.9. The van der Waals surface area contributed by atoms with Crippen molar-refractivity contribution >= 4 is 40.4 Å². The first kappa shape index (κ1) is 15.3. The van der Waals surface area contributed by atoms with Crippen LogP contribution in [0.2, 0.25) is 0 Å². The van der Waals surface area contributed by atoms with Crippen molar-refractivity contribution < 1.29 is 14.4 Å². The number of benzene rings is 2. The van der Waals surface area contributed by atoms with E-state index in [1.807, 2.05) is 11.4 Å². The average molecular weight is 348 g/mol. The van der Waals surface area contributed by atoms with Gasteiger partial charge in [-0.3, -0.25) is 14.4 Å². The molecule has 0 bridgehead atoms. The Kier molecular flexibility index (Phi) is 3.66. The topological polar surface area (TPSA) is 66.5 Å². The summed E-state index contributed by atoms with van der Waals surface area (Å²) in [5, 5.41) is 4.62. The maximum Gasteiger partial charge on any atom is 0.266 e. The summed E-state index contributed by atoms with van der Waals surface area (Å²) >= 11 is 1.36. The van der Waals surface area contributed by atoms with Gasteiger partial charge in [0, 0.05) is 5.69 Å². The van der Waals surface area contributed by atoms with Gasteiger partial charge >= 0.3 is 0 Å². The fourth-order valence-electron chi connectivity index (χ4n) is 2.72. The third-order valence-corrected chi connectivity index (χ3v) is 4.79. The lowest BCUT2D eigenvalue weighted by atomic mass is 10.1. The van der Waals surface area contributed by atoms with Crippen LogP contribution in [0.15, 0.2) is 66.0 Å². The van der Waals surface area contributed by atoms with E-state index < -0.39 is 0 Å². The van der Waals surface area contributed by atoms with Crippen molar-refractivity contribution in [1.29, 1.82) is 0 Å². The van der Waals surface area contributed by atoms with Crippen molar-refractivity contribution in [3.05, 3.63) is 82.0 Å². The first-order valence-electron chi connectivity index (χ1n) is 7.58. The number of anilines is 2. The highest BCUT2D eigenvalue weighted by atomic mass is 32.1. The highest BCUT2D eigenvalue weighted by Crippen LogP contribution is 2.29. The van der Waals surface area contributed by atoms with Crippen LogP contribution < -0.4 is 10.2 Å². The molecule has 0 saturated heterocycles. The van der Waals surface area contributed by atoms with E-state index in [-0.39, 0.29) is 17.7 Å². The fraction of sp³-hybridized carbons (Fsp3) is 0. The second-order valence-electron chi connectivity index (χ2n) is 5.47. The minimum Gasteiger partial charge on any atom is -0.321 e. The predicted molar refractivity (Wildman–Crippen MR) is 96.3 cm³/mol. The van der Waals surface area contributed by atoms with E-state index >= 15 is 0 Å². The number of carbonyl (C=O) groups is 3. The van der Waals surface area contributed by atoms with Gasteiger partial charge in [0.25, 0.3) is 17.7 Å². The van der Waals surface area contributed by atoms with Gasteiger partial charge in [-0.1, -0.05) is 18.2 Å². The van der Waals surface area contributed by atoms with Crippen molar-refractivity contribution in [2.24, 2.45) is 0 Å². The molecular weight excluding hydrogens is 336 g/mol.